The van der Waals surface area contributed by atoms with Crippen LogP contribution in [-0.2, 0) is 17.7 Å². The number of nitrogens with two attached hydrogens (primary N) is 1. The minimum atomic E-state index is -0.589. The minimum Gasteiger partial charge on any atom is -0.444 e. The Morgan fingerprint density at radius 3 is 2.50 bits per heavy atom. The van der Waals surface area contributed by atoms with E-state index in [-0.39, 0.29) is 17.9 Å². The smallest absolute Gasteiger partial charge is 0.410 e. The number of nitrogen functional groups attached to an aromatic ring is 1. The van der Waals surface area contributed by atoms with E-state index in [0.29, 0.717) is 18.7 Å². The molecular formula is C18H21FN4O3. The van der Waals surface area contributed by atoms with Crippen molar-refractivity contribution in [3.05, 3.63) is 46.9 Å². The summed E-state index contributed by atoms with van der Waals surface area (Å²) in [6.45, 7) is 6.05. The lowest BCUT2D eigenvalue weighted by Crippen LogP contribution is -2.39. The Labute approximate surface area is 150 Å². The van der Waals surface area contributed by atoms with E-state index < -0.39 is 23.4 Å². The Morgan fingerprint density at radius 1 is 1.23 bits per heavy atom. The van der Waals surface area contributed by atoms with Gasteiger partial charge in [-0.1, -0.05) is 0 Å². The van der Waals surface area contributed by atoms with E-state index in [1.54, 1.807) is 20.8 Å². The number of aromatic nitrogens is 2. The van der Waals surface area contributed by atoms with Gasteiger partial charge in [-0.2, -0.15) is 9.78 Å². The van der Waals surface area contributed by atoms with Crippen LogP contribution in [0.25, 0.3) is 0 Å². The van der Waals surface area contributed by atoms with Gasteiger partial charge < -0.3 is 15.4 Å². The Bertz CT molecular complexity index is 853. The molecule has 0 bridgehead atoms. The second-order valence-corrected chi connectivity index (χ2v) is 7.19. The Kier molecular flexibility index (Phi) is 4.43. The molecule has 1 aromatic heterocycles. The van der Waals surface area contributed by atoms with Crippen LogP contribution < -0.4 is 5.73 Å². The van der Waals surface area contributed by atoms with E-state index in [1.165, 1.54) is 29.2 Å². The number of amides is 1. The molecule has 0 saturated heterocycles. The van der Waals surface area contributed by atoms with Crippen molar-refractivity contribution in [2.45, 2.75) is 39.3 Å². The van der Waals surface area contributed by atoms with Gasteiger partial charge in [-0.25, -0.2) is 9.18 Å². The molecule has 2 heterocycles. The third-order valence-electron chi connectivity index (χ3n) is 4.01. The highest BCUT2D eigenvalue weighted by molar-refractivity contribution is 5.97. The van der Waals surface area contributed by atoms with Gasteiger partial charge in [0.2, 0.25) is 0 Å². The summed E-state index contributed by atoms with van der Waals surface area (Å²) in [7, 11) is 0. The SMILES string of the molecule is CC(C)(C)OC(=O)N1CCc2c(nn(C(=O)c3ccc(F)cc3)c2N)C1. The minimum absolute atomic E-state index is 0.220. The molecule has 0 fully saturated rings. The maximum atomic E-state index is 13.0. The summed E-state index contributed by atoms with van der Waals surface area (Å²) in [6, 6.07) is 5.17. The van der Waals surface area contributed by atoms with Gasteiger partial charge in [-0.05, 0) is 51.5 Å². The number of halogens is 1. The van der Waals surface area contributed by atoms with Gasteiger partial charge in [0.25, 0.3) is 5.91 Å². The number of carbonyl (C=O) groups is 2. The summed E-state index contributed by atoms with van der Waals surface area (Å²) >= 11 is 0. The molecule has 3 rings (SSSR count). The van der Waals surface area contributed by atoms with Crippen LogP contribution in [-0.4, -0.2) is 38.8 Å². The van der Waals surface area contributed by atoms with Crippen molar-refractivity contribution in [3.63, 3.8) is 0 Å². The fourth-order valence-electron chi connectivity index (χ4n) is 2.77. The predicted octanol–water partition coefficient (Wildman–Crippen LogP) is 2.59. The average Bonchev–Trinajstić information content (AvgIpc) is 2.90. The second-order valence-electron chi connectivity index (χ2n) is 7.19. The lowest BCUT2D eigenvalue weighted by molar-refractivity contribution is 0.0221. The van der Waals surface area contributed by atoms with Gasteiger partial charge in [0, 0.05) is 17.7 Å². The van der Waals surface area contributed by atoms with Crippen molar-refractivity contribution in [1.29, 1.82) is 0 Å². The van der Waals surface area contributed by atoms with Crippen LogP contribution >= 0.6 is 0 Å². The number of rotatable bonds is 1. The van der Waals surface area contributed by atoms with Crippen LogP contribution in [0.15, 0.2) is 24.3 Å². The van der Waals surface area contributed by atoms with E-state index in [4.69, 9.17) is 10.5 Å². The molecule has 7 nitrogen and oxygen atoms in total. The Balaban J connectivity index is 1.83. The van der Waals surface area contributed by atoms with Crippen LogP contribution in [0.2, 0.25) is 0 Å². The lowest BCUT2D eigenvalue weighted by atomic mass is 10.1. The summed E-state index contributed by atoms with van der Waals surface area (Å²) in [5.41, 5.74) is 7.09. The van der Waals surface area contributed by atoms with Crippen LogP contribution in [0.4, 0.5) is 15.0 Å². The van der Waals surface area contributed by atoms with E-state index in [0.717, 1.165) is 10.2 Å². The summed E-state index contributed by atoms with van der Waals surface area (Å²) in [4.78, 5) is 26.4. The molecular weight excluding hydrogens is 339 g/mol. The first kappa shape index (κ1) is 17.9. The van der Waals surface area contributed by atoms with E-state index in [9.17, 15) is 14.0 Å². The quantitative estimate of drug-likeness (QED) is 0.844. The molecule has 2 N–H and O–H groups in total. The van der Waals surface area contributed by atoms with Gasteiger partial charge in [0.1, 0.15) is 17.2 Å². The molecule has 0 aliphatic carbocycles. The van der Waals surface area contributed by atoms with Crippen molar-refractivity contribution in [3.8, 4) is 0 Å². The molecule has 0 radical (unpaired) electrons. The van der Waals surface area contributed by atoms with E-state index in [2.05, 4.69) is 5.10 Å². The van der Waals surface area contributed by atoms with Crippen molar-refractivity contribution in [1.82, 2.24) is 14.7 Å². The van der Waals surface area contributed by atoms with E-state index >= 15 is 0 Å². The number of anilines is 1. The number of fused-ring (bicyclic) bond motifs is 1. The molecule has 0 unspecified atom stereocenters. The normalized spacial score (nSPS) is 14.1. The maximum Gasteiger partial charge on any atom is 0.410 e. The number of nitrogens with zero attached hydrogens (tertiary/aromatic N) is 3. The summed E-state index contributed by atoms with van der Waals surface area (Å²) in [5.74, 6) is -0.624. The first-order valence-electron chi connectivity index (χ1n) is 8.30. The number of carbonyl (C=O) groups excluding carboxylic acids is 2. The van der Waals surface area contributed by atoms with Gasteiger partial charge in [0.05, 0.1) is 12.2 Å². The molecule has 2 aromatic rings. The molecule has 26 heavy (non-hydrogen) atoms. The zero-order chi connectivity index (χ0) is 19.1. The maximum absolute atomic E-state index is 13.0. The van der Waals surface area contributed by atoms with Crippen molar-refractivity contribution in [2.75, 3.05) is 12.3 Å². The van der Waals surface area contributed by atoms with Crippen LogP contribution in [0.5, 0.6) is 0 Å². The molecule has 1 aliphatic heterocycles. The third kappa shape index (κ3) is 3.54. The molecule has 138 valence electrons. The standard InChI is InChI=1S/C18H21FN4O3/c1-18(2,3)26-17(25)22-9-8-13-14(10-22)21-23(15(13)20)16(24)11-4-6-12(19)7-5-11/h4-7H,8-10,20H2,1-3H3. The van der Waals surface area contributed by atoms with Gasteiger partial charge in [-0.15, -0.1) is 0 Å². The zero-order valence-electron chi connectivity index (χ0n) is 15.0. The number of ether oxygens (including phenoxy) is 1. The fourth-order valence-corrected chi connectivity index (χ4v) is 2.77. The number of hydrogen-bond donors (Lipinski definition) is 1. The fraction of sp³-hybridized carbons (Fsp3) is 0.389. The highest BCUT2D eigenvalue weighted by Crippen LogP contribution is 2.25. The van der Waals surface area contributed by atoms with Gasteiger partial charge in [0.15, 0.2) is 0 Å². The largest absolute Gasteiger partial charge is 0.444 e. The van der Waals surface area contributed by atoms with Crippen LogP contribution in [0.3, 0.4) is 0 Å². The molecule has 0 atom stereocenters. The average molecular weight is 360 g/mol. The third-order valence-corrected chi connectivity index (χ3v) is 4.01. The topological polar surface area (TPSA) is 90.5 Å². The van der Waals surface area contributed by atoms with Crippen molar-refractivity contribution >= 4 is 17.8 Å². The Morgan fingerprint density at radius 2 is 1.88 bits per heavy atom. The zero-order valence-corrected chi connectivity index (χ0v) is 15.0. The first-order valence-corrected chi connectivity index (χ1v) is 8.30. The molecule has 1 aromatic carbocycles. The number of hydrogen-bond acceptors (Lipinski definition) is 5. The number of benzene rings is 1. The summed E-state index contributed by atoms with van der Waals surface area (Å²) < 4.78 is 19.5. The van der Waals surface area contributed by atoms with Crippen molar-refractivity contribution < 1.29 is 18.7 Å². The predicted molar refractivity (Wildman–Crippen MR) is 93.1 cm³/mol. The highest BCUT2D eigenvalue weighted by atomic mass is 19.1. The summed E-state index contributed by atoms with van der Waals surface area (Å²) in [6.07, 6.45) is 0.0537. The van der Waals surface area contributed by atoms with Crippen molar-refractivity contribution in [2.24, 2.45) is 0 Å². The second kappa shape index (κ2) is 6.44. The Hall–Kier alpha value is -2.90. The van der Waals surface area contributed by atoms with Gasteiger partial charge >= 0.3 is 6.09 Å². The molecule has 0 spiro atoms. The first-order chi connectivity index (χ1) is 12.2. The molecule has 0 saturated carbocycles. The van der Waals surface area contributed by atoms with E-state index in [1.807, 2.05) is 0 Å². The highest BCUT2D eigenvalue weighted by Gasteiger charge is 2.30. The van der Waals surface area contributed by atoms with Crippen LogP contribution in [0, 0.1) is 5.82 Å². The lowest BCUT2D eigenvalue weighted by Gasteiger charge is -2.29. The molecule has 1 aliphatic rings. The van der Waals surface area contributed by atoms with Gasteiger partial charge in [-0.3, -0.25) is 4.79 Å². The molecule has 8 heteroatoms. The van der Waals surface area contributed by atoms with Crippen LogP contribution in [0.1, 0.15) is 42.4 Å². The summed E-state index contributed by atoms with van der Waals surface area (Å²) in [5, 5.41) is 4.28. The molecule has 1 amide bonds. The monoisotopic (exact) mass is 360 g/mol.